The summed E-state index contributed by atoms with van der Waals surface area (Å²) in [5.74, 6) is 0.283. The fraction of sp³-hybridized carbons (Fsp3) is 0.333. The van der Waals surface area contributed by atoms with Crippen molar-refractivity contribution in [2.24, 2.45) is 7.05 Å². The molecule has 0 saturated carbocycles. The Labute approximate surface area is 109 Å². The number of hydrogen-bond acceptors (Lipinski definition) is 4. The van der Waals surface area contributed by atoms with Crippen molar-refractivity contribution >= 4 is 28.8 Å². The zero-order valence-corrected chi connectivity index (χ0v) is 10.7. The van der Waals surface area contributed by atoms with Crippen LogP contribution < -0.4 is 10.2 Å². The standard InChI is InChI=1S/C12H13N5O2/c1-7-3-4-8-10(13-7)16(2)15-11(8)17-6-5-9(18)14-12(17)19/h3-4H,5-6H2,1-2H3,(H,14,18,19). The molecule has 7 nitrogen and oxygen atoms in total. The molecule has 98 valence electrons. The van der Waals surface area contributed by atoms with Gasteiger partial charge in [-0.2, -0.15) is 5.10 Å². The Hall–Kier alpha value is -2.44. The maximum Gasteiger partial charge on any atom is 0.329 e. The number of nitrogens with one attached hydrogen (secondary N) is 1. The number of imide groups is 1. The smallest absolute Gasteiger partial charge is 0.278 e. The minimum absolute atomic E-state index is 0.254. The molecule has 0 aromatic carbocycles. The molecule has 7 heteroatoms. The molecule has 0 atom stereocenters. The third-order valence-electron chi connectivity index (χ3n) is 3.12. The summed E-state index contributed by atoms with van der Waals surface area (Å²) in [6.45, 7) is 2.24. The quantitative estimate of drug-likeness (QED) is 0.818. The number of rotatable bonds is 1. The summed E-state index contributed by atoms with van der Waals surface area (Å²) >= 11 is 0. The molecule has 3 rings (SSSR count). The fourth-order valence-corrected chi connectivity index (χ4v) is 2.17. The number of carbonyl (C=O) groups excluding carboxylic acids is 2. The molecule has 2 aromatic rings. The van der Waals surface area contributed by atoms with Gasteiger partial charge in [-0.1, -0.05) is 0 Å². The number of aryl methyl sites for hydroxylation is 2. The average molecular weight is 259 g/mol. The predicted octanol–water partition coefficient (Wildman–Crippen LogP) is 0.723. The summed E-state index contributed by atoms with van der Waals surface area (Å²) < 4.78 is 1.64. The first-order valence-electron chi connectivity index (χ1n) is 5.98. The Morgan fingerprint density at radius 3 is 2.84 bits per heavy atom. The molecule has 19 heavy (non-hydrogen) atoms. The summed E-state index contributed by atoms with van der Waals surface area (Å²) in [7, 11) is 1.78. The third-order valence-corrected chi connectivity index (χ3v) is 3.12. The van der Waals surface area contributed by atoms with Gasteiger partial charge in [0.15, 0.2) is 11.5 Å². The van der Waals surface area contributed by atoms with Gasteiger partial charge < -0.3 is 0 Å². The highest BCUT2D eigenvalue weighted by atomic mass is 16.2. The highest BCUT2D eigenvalue weighted by Gasteiger charge is 2.28. The summed E-state index contributed by atoms with van der Waals surface area (Å²) in [5.41, 5.74) is 1.61. The lowest BCUT2D eigenvalue weighted by Gasteiger charge is -2.24. The second-order valence-corrected chi connectivity index (χ2v) is 4.53. The monoisotopic (exact) mass is 259 g/mol. The van der Waals surface area contributed by atoms with Gasteiger partial charge in [-0.25, -0.2) is 14.5 Å². The Morgan fingerprint density at radius 1 is 1.32 bits per heavy atom. The number of carbonyl (C=O) groups is 2. The van der Waals surface area contributed by atoms with Gasteiger partial charge in [0.05, 0.1) is 5.39 Å². The van der Waals surface area contributed by atoms with Gasteiger partial charge >= 0.3 is 6.03 Å². The van der Waals surface area contributed by atoms with Gasteiger partial charge in [0.1, 0.15) is 0 Å². The summed E-state index contributed by atoms with van der Waals surface area (Å²) in [5, 5.41) is 7.43. The lowest BCUT2D eigenvalue weighted by molar-refractivity contribution is -0.120. The third kappa shape index (κ3) is 1.83. The normalized spacial score (nSPS) is 16.0. The van der Waals surface area contributed by atoms with Crippen molar-refractivity contribution in [3.8, 4) is 0 Å². The zero-order chi connectivity index (χ0) is 13.6. The SMILES string of the molecule is Cc1ccc2c(N3CCC(=O)NC3=O)nn(C)c2n1. The van der Waals surface area contributed by atoms with Gasteiger partial charge in [-0.3, -0.25) is 15.0 Å². The van der Waals surface area contributed by atoms with Gasteiger partial charge in [0.2, 0.25) is 5.91 Å². The van der Waals surface area contributed by atoms with E-state index in [1.807, 2.05) is 19.1 Å². The van der Waals surface area contributed by atoms with Crippen LogP contribution in [0.4, 0.5) is 10.6 Å². The molecule has 1 N–H and O–H groups in total. The van der Waals surface area contributed by atoms with Crippen molar-refractivity contribution in [1.82, 2.24) is 20.1 Å². The molecule has 0 aliphatic carbocycles. The van der Waals surface area contributed by atoms with Crippen molar-refractivity contribution in [3.63, 3.8) is 0 Å². The second-order valence-electron chi connectivity index (χ2n) is 4.53. The number of nitrogens with zero attached hydrogens (tertiary/aromatic N) is 4. The maximum atomic E-state index is 11.8. The first-order valence-corrected chi connectivity index (χ1v) is 5.98. The average Bonchev–Trinajstić information content (AvgIpc) is 2.66. The Balaban J connectivity index is 2.10. The van der Waals surface area contributed by atoms with Crippen LogP contribution >= 0.6 is 0 Å². The van der Waals surface area contributed by atoms with E-state index in [4.69, 9.17) is 0 Å². The minimum atomic E-state index is -0.433. The fourth-order valence-electron chi connectivity index (χ4n) is 2.17. The van der Waals surface area contributed by atoms with E-state index in [1.165, 1.54) is 4.90 Å². The van der Waals surface area contributed by atoms with Crippen molar-refractivity contribution in [3.05, 3.63) is 17.8 Å². The highest BCUT2D eigenvalue weighted by Crippen LogP contribution is 2.25. The van der Waals surface area contributed by atoms with E-state index in [0.29, 0.717) is 12.4 Å². The first kappa shape index (κ1) is 11.6. The maximum absolute atomic E-state index is 11.8. The molecular formula is C12H13N5O2. The van der Waals surface area contributed by atoms with Crippen LogP contribution in [0.5, 0.6) is 0 Å². The molecule has 0 spiro atoms. The molecule has 2 aromatic heterocycles. The first-order chi connectivity index (χ1) is 9.06. The predicted molar refractivity (Wildman–Crippen MR) is 68.7 cm³/mol. The number of pyridine rings is 1. The van der Waals surface area contributed by atoms with E-state index in [-0.39, 0.29) is 12.3 Å². The van der Waals surface area contributed by atoms with Crippen LogP contribution in [0.15, 0.2) is 12.1 Å². The molecule has 0 unspecified atom stereocenters. The van der Waals surface area contributed by atoms with Crippen molar-refractivity contribution < 1.29 is 9.59 Å². The molecule has 3 amide bonds. The van der Waals surface area contributed by atoms with E-state index in [2.05, 4.69) is 15.4 Å². The molecule has 0 radical (unpaired) electrons. The lowest BCUT2D eigenvalue weighted by atomic mass is 10.2. The van der Waals surface area contributed by atoms with Crippen molar-refractivity contribution in [2.75, 3.05) is 11.4 Å². The largest absolute Gasteiger partial charge is 0.329 e. The molecule has 3 heterocycles. The van der Waals surface area contributed by atoms with E-state index >= 15 is 0 Å². The van der Waals surface area contributed by atoms with Gasteiger partial charge in [-0.05, 0) is 19.1 Å². The van der Waals surface area contributed by atoms with Crippen molar-refractivity contribution in [1.29, 1.82) is 0 Å². The van der Waals surface area contributed by atoms with Crippen molar-refractivity contribution in [2.45, 2.75) is 13.3 Å². The minimum Gasteiger partial charge on any atom is -0.278 e. The molecule has 0 bridgehead atoms. The number of fused-ring (bicyclic) bond motifs is 1. The molecule has 1 fully saturated rings. The van der Waals surface area contributed by atoms with Crippen LogP contribution in [0.1, 0.15) is 12.1 Å². The lowest BCUT2D eigenvalue weighted by Crippen LogP contribution is -2.49. The molecule has 1 aliphatic rings. The number of amides is 3. The van der Waals surface area contributed by atoms with Gasteiger partial charge in [0, 0.05) is 25.7 Å². The Morgan fingerprint density at radius 2 is 2.11 bits per heavy atom. The summed E-state index contributed by atoms with van der Waals surface area (Å²) in [6, 6.07) is 3.33. The number of hydrogen-bond donors (Lipinski definition) is 1. The van der Waals surface area contributed by atoms with Crippen LogP contribution in [0.3, 0.4) is 0 Å². The summed E-state index contributed by atoms with van der Waals surface area (Å²) in [4.78, 5) is 28.9. The van der Waals surface area contributed by atoms with E-state index in [9.17, 15) is 9.59 Å². The molecule has 1 saturated heterocycles. The van der Waals surface area contributed by atoms with E-state index in [0.717, 1.165) is 16.7 Å². The molecule has 1 aliphatic heterocycles. The van der Waals surface area contributed by atoms with Gasteiger partial charge in [-0.15, -0.1) is 0 Å². The van der Waals surface area contributed by atoms with Crippen LogP contribution in [0.25, 0.3) is 11.0 Å². The van der Waals surface area contributed by atoms with Crippen LogP contribution in [-0.4, -0.2) is 33.2 Å². The zero-order valence-electron chi connectivity index (χ0n) is 10.7. The topological polar surface area (TPSA) is 80.1 Å². The number of anilines is 1. The number of aromatic nitrogens is 3. The van der Waals surface area contributed by atoms with Crippen LogP contribution in [-0.2, 0) is 11.8 Å². The highest BCUT2D eigenvalue weighted by molar-refractivity contribution is 6.08. The Kier molecular flexibility index (Phi) is 2.48. The van der Waals surface area contributed by atoms with E-state index in [1.54, 1.807) is 11.7 Å². The van der Waals surface area contributed by atoms with Gasteiger partial charge in [0.25, 0.3) is 0 Å². The second kappa shape index (κ2) is 4.04. The van der Waals surface area contributed by atoms with Crippen LogP contribution in [0, 0.1) is 6.92 Å². The molecular weight excluding hydrogens is 246 g/mol. The Bertz CT molecular complexity index is 691. The van der Waals surface area contributed by atoms with E-state index < -0.39 is 6.03 Å². The van der Waals surface area contributed by atoms with Crippen LogP contribution in [0.2, 0.25) is 0 Å². The summed E-state index contributed by atoms with van der Waals surface area (Å²) in [6.07, 6.45) is 0.281. The number of urea groups is 1.